The second-order valence-corrected chi connectivity index (χ2v) is 5.37. The zero-order chi connectivity index (χ0) is 13.1. The number of halogens is 2. The molecule has 0 spiro atoms. The maximum Gasteiger partial charge on any atom is 0.243 e. The molecule has 5 nitrogen and oxygen atoms in total. The highest BCUT2D eigenvalue weighted by Gasteiger charge is 2.21. The van der Waals surface area contributed by atoms with Crippen LogP contribution in [0.15, 0.2) is 17.0 Å². The van der Waals surface area contributed by atoms with Gasteiger partial charge in [0.05, 0.1) is 12.3 Å². The number of anilines is 1. The molecule has 1 aromatic rings. The van der Waals surface area contributed by atoms with Gasteiger partial charge in [-0.05, 0) is 12.1 Å². The van der Waals surface area contributed by atoms with Gasteiger partial charge in [0.15, 0.2) is 5.82 Å². The van der Waals surface area contributed by atoms with Crippen molar-refractivity contribution in [1.82, 2.24) is 4.72 Å². The Morgan fingerprint density at radius 1 is 1.53 bits per heavy atom. The minimum absolute atomic E-state index is 0.0324. The summed E-state index contributed by atoms with van der Waals surface area (Å²) in [6.07, 6.45) is 0. The van der Waals surface area contributed by atoms with Crippen molar-refractivity contribution in [3.63, 3.8) is 0 Å². The molecule has 0 aliphatic rings. The van der Waals surface area contributed by atoms with E-state index in [1.807, 2.05) is 0 Å². The first kappa shape index (κ1) is 14.2. The standard InChI is InChI=1S/C9H12ClFN2O3S/c1-16-3-2-13-17(14,15)8-5-6(10)4-7(12)9(8)11/h4-5,13H,2-3,12H2,1H3. The van der Waals surface area contributed by atoms with E-state index in [0.717, 1.165) is 12.1 Å². The Hall–Kier alpha value is -0.890. The van der Waals surface area contributed by atoms with Crippen LogP contribution in [0, 0.1) is 5.82 Å². The monoisotopic (exact) mass is 282 g/mol. The van der Waals surface area contributed by atoms with Gasteiger partial charge in [-0.3, -0.25) is 0 Å². The molecular weight excluding hydrogens is 271 g/mol. The predicted octanol–water partition coefficient (Wildman–Crippen LogP) is 0.986. The number of sulfonamides is 1. The van der Waals surface area contributed by atoms with Crippen molar-refractivity contribution in [3.05, 3.63) is 23.0 Å². The average molecular weight is 283 g/mol. The first-order valence-corrected chi connectivity index (χ1v) is 6.47. The minimum Gasteiger partial charge on any atom is -0.396 e. The van der Waals surface area contributed by atoms with E-state index in [1.165, 1.54) is 7.11 Å². The van der Waals surface area contributed by atoms with Crippen LogP contribution in [0.25, 0.3) is 0 Å². The van der Waals surface area contributed by atoms with E-state index in [1.54, 1.807) is 0 Å². The molecule has 1 aromatic carbocycles. The third-order valence-corrected chi connectivity index (χ3v) is 3.60. The zero-order valence-corrected chi connectivity index (χ0v) is 10.6. The van der Waals surface area contributed by atoms with Crippen LogP contribution >= 0.6 is 11.6 Å². The molecule has 96 valence electrons. The highest BCUT2D eigenvalue weighted by Crippen LogP contribution is 2.24. The van der Waals surface area contributed by atoms with Crippen LogP contribution in [0.3, 0.4) is 0 Å². The average Bonchev–Trinajstić information content (AvgIpc) is 2.23. The Morgan fingerprint density at radius 2 is 2.18 bits per heavy atom. The fourth-order valence-electron chi connectivity index (χ4n) is 1.14. The number of nitrogens with two attached hydrogens (primary N) is 1. The molecule has 0 unspecified atom stereocenters. The molecule has 0 saturated heterocycles. The van der Waals surface area contributed by atoms with Crippen LogP contribution in [0.4, 0.5) is 10.1 Å². The fourth-order valence-corrected chi connectivity index (χ4v) is 2.57. The summed E-state index contributed by atoms with van der Waals surface area (Å²) in [5, 5.41) is 0.0519. The van der Waals surface area contributed by atoms with Gasteiger partial charge in [0.25, 0.3) is 0 Å². The second-order valence-electron chi connectivity index (χ2n) is 3.20. The maximum atomic E-state index is 13.6. The molecule has 0 saturated carbocycles. The Morgan fingerprint density at radius 3 is 2.76 bits per heavy atom. The van der Waals surface area contributed by atoms with Crippen LogP contribution in [0.2, 0.25) is 5.02 Å². The summed E-state index contributed by atoms with van der Waals surface area (Å²) in [4.78, 5) is -0.571. The van der Waals surface area contributed by atoms with Crippen molar-refractivity contribution < 1.29 is 17.5 Å². The molecule has 0 radical (unpaired) electrons. The summed E-state index contributed by atoms with van der Waals surface area (Å²) in [6, 6.07) is 2.15. The van der Waals surface area contributed by atoms with Gasteiger partial charge in [-0.2, -0.15) is 0 Å². The molecule has 0 bridgehead atoms. The highest BCUT2D eigenvalue weighted by molar-refractivity contribution is 7.89. The summed E-state index contributed by atoms with van der Waals surface area (Å²) in [5.74, 6) is -1.01. The Labute approximate surface area is 104 Å². The zero-order valence-electron chi connectivity index (χ0n) is 9.04. The van der Waals surface area contributed by atoms with Gasteiger partial charge in [-0.15, -0.1) is 0 Å². The summed E-state index contributed by atoms with van der Waals surface area (Å²) >= 11 is 5.63. The topological polar surface area (TPSA) is 81.4 Å². The SMILES string of the molecule is COCCNS(=O)(=O)c1cc(Cl)cc(N)c1F. The Kier molecular flexibility index (Phi) is 4.70. The van der Waals surface area contributed by atoms with Crippen LogP contribution < -0.4 is 10.5 Å². The molecule has 0 atom stereocenters. The van der Waals surface area contributed by atoms with E-state index >= 15 is 0 Å². The lowest BCUT2D eigenvalue weighted by Crippen LogP contribution is -2.28. The quantitative estimate of drug-likeness (QED) is 0.623. The largest absolute Gasteiger partial charge is 0.396 e. The molecule has 0 aliphatic heterocycles. The first-order chi connectivity index (χ1) is 7.88. The molecule has 0 aromatic heterocycles. The number of hydrogen-bond acceptors (Lipinski definition) is 4. The smallest absolute Gasteiger partial charge is 0.243 e. The van der Waals surface area contributed by atoms with E-state index < -0.39 is 20.7 Å². The number of nitrogens with one attached hydrogen (secondary N) is 1. The molecule has 17 heavy (non-hydrogen) atoms. The molecule has 8 heteroatoms. The summed E-state index contributed by atoms with van der Waals surface area (Å²) in [7, 11) is -2.55. The van der Waals surface area contributed by atoms with Gasteiger partial charge in [0.2, 0.25) is 10.0 Å². The Bertz CT molecular complexity index is 507. The van der Waals surface area contributed by atoms with Gasteiger partial charge in [0.1, 0.15) is 4.90 Å². The van der Waals surface area contributed by atoms with E-state index in [-0.39, 0.29) is 23.9 Å². The van der Waals surface area contributed by atoms with Crippen molar-refractivity contribution in [1.29, 1.82) is 0 Å². The first-order valence-electron chi connectivity index (χ1n) is 4.61. The molecule has 0 amide bonds. The number of methoxy groups -OCH3 is 1. The number of hydrogen-bond donors (Lipinski definition) is 2. The third-order valence-electron chi connectivity index (χ3n) is 1.92. The van der Waals surface area contributed by atoms with Crippen molar-refractivity contribution in [2.45, 2.75) is 4.90 Å². The maximum absolute atomic E-state index is 13.6. The molecule has 0 aliphatic carbocycles. The number of nitrogen functional groups attached to an aromatic ring is 1. The van der Waals surface area contributed by atoms with Gasteiger partial charge in [0, 0.05) is 18.7 Å². The highest BCUT2D eigenvalue weighted by atomic mass is 35.5. The van der Waals surface area contributed by atoms with Crippen LogP contribution in [0.5, 0.6) is 0 Å². The van der Waals surface area contributed by atoms with Crippen molar-refractivity contribution in [3.8, 4) is 0 Å². The lowest BCUT2D eigenvalue weighted by atomic mass is 10.3. The molecular formula is C9H12ClFN2O3S. The predicted molar refractivity (Wildman–Crippen MR) is 62.9 cm³/mol. The van der Waals surface area contributed by atoms with Crippen molar-refractivity contribution in [2.75, 3.05) is 26.0 Å². The number of ether oxygens (including phenoxy) is 1. The summed E-state index contributed by atoms with van der Waals surface area (Å²) in [5.41, 5.74) is 4.98. The van der Waals surface area contributed by atoms with Crippen molar-refractivity contribution in [2.24, 2.45) is 0 Å². The fraction of sp³-hybridized carbons (Fsp3) is 0.333. The van der Waals surface area contributed by atoms with Gasteiger partial charge >= 0.3 is 0 Å². The molecule has 1 rings (SSSR count). The summed E-state index contributed by atoms with van der Waals surface area (Å²) < 4.78 is 43.8. The van der Waals surface area contributed by atoms with E-state index in [2.05, 4.69) is 9.46 Å². The number of rotatable bonds is 5. The third kappa shape index (κ3) is 3.53. The molecule has 0 fully saturated rings. The van der Waals surface area contributed by atoms with Gasteiger partial charge < -0.3 is 10.5 Å². The van der Waals surface area contributed by atoms with Crippen LogP contribution in [0.1, 0.15) is 0 Å². The Balaban J connectivity index is 3.06. The van der Waals surface area contributed by atoms with Crippen LogP contribution in [-0.2, 0) is 14.8 Å². The molecule has 3 N–H and O–H groups in total. The van der Waals surface area contributed by atoms with Crippen molar-refractivity contribution >= 4 is 27.3 Å². The molecule has 0 heterocycles. The normalized spacial score (nSPS) is 11.7. The van der Waals surface area contributed by atoms with Crippen LogP contribution in [-0.4, -0.2) is 28.7 Å². The van der Waals surface area contributed by atoms with Gasteiger partial charge in [-0.1, -0.05) is 11.6 Å². The van der Waals surface area contributed by atoms with E-state index in [4.69, 9.17) is 17.3 Å². The lowest BCUT2D eigenvalue weighted by molar-refractivity contribution is 0.204. The lowest BCUT2D eigenvalue weighted by Gasteiger charge is -2.09. The minimum atomic E-state index is -3.98. The summed E-state index contributed by atoms with van der Waals surface area (Å²) in [6.45, 7) is 0.210. The van der Waals surface area contributed by atoms with E-state index in [0.29, 0.717) is 0 Å². The number of benzene rings is 1. The van der Waals surface area contributed by atoms with E-state index in [9.17, 15) is 12.8 Å². The van der Waals surface area contributed by atoms with Gasteiger partial charge in [-0.25, -0.2) is 17.5 Å². The second kappa shape index (κ2) is 5.63.